The van der Waals surface area contributed by atoms with Crippen molar-refractivity contribution in [3.8, 4) is 17.0 Å². The van der Waals surface area contributed by atoms with Crippen molar-refractivity contribution >= 4 is 22.7 Å². The first-order chi connectivity index (χ1) is 16.8. The van der Waals surface area contributed by atoms with Crippen LogP contribution in [0, 0.1) is 27.6 Å². The Morgan fingerprint density at radius 2 is 1.69 bits per heavy atom. The van der Waals surface area contributed by atoms with Crippen LogP contribution >= 0.6 is 0 Å². The van der Waals surface area contributed by atoms with Gasteiger partial charge in [-0.1, -0.05) is 0 Å². The van der Waals surface area contributed by atoms with Gasteiger partial charge in [-0.3, -0.25) is 10.1 Å². The van der Waals surface area contributed by atoms with Gasteiger partial charge in [0, 0.05) is 29.6 Å². The van der Waals surface area contributed by atoms with Crippen LogP contribution in [0.3, 0.4) is 0 Å². The highest BCUT2D eigenvalue weighted by atomic mass is 19.1. The van der Waals surface area contributed by atoms with Gasteiger partial charge >= 0.3 is 6.09 Å². The number of rotatable bonds is 5. The number of H-pyrrole nitrogens is 1. The summed E-state index contributed by atoms with van der Waals surface area (Å²) >= 11 is 0. The fraction of sp³-hybridized carbons (Fsp3) is 0.160. The number of nitro benzene ring substituents is 1. The second kappa shape index (κ2) is 8.79. The smallest absolute Gasteiger partial charge is 0.410 e. The molecule has 1 saturated carbocycles. The fourth-order valence-electron chi connectivity index (χ4n) is 4.42. The predicted molar refractivity (Wildman–Crippen MR) is 122 cm³/mol. The quantitative estimate of drug-likeness (QED) is 0.262. The Hall–Kier alpha value is -4.34. The van der Waals surface area contributed by atoms with Gasteiger partial charge in [0.2, 0.25) is 0 Å². The molecule has 0 unspecified atom stereocenters. The van der Waals surface area contributed by atoms with Crippen LogP contribution in [0.2, 0.25) is 0 Å². The summed E-state index contributed by atoms with van der Waals surface area (Å²) in [6.07, 6.45) is 0.278. The van der Waals surface area contributed by atoms with Gasteiger partial charge in [-0.25, -0.2) is 18.0 Å². The molecule has 7 nitrogen and oxygen atoms in total. The Balaban J connectivity index is 1.33. The Morgan fingerprint density at radius 3 is 2.34 bits per heavy atom. The van der Waals surface area contributed by atoms with E-state index < -0.39 is 28.5 Å². The van der Waals surface area contributed by atoms with Crippen LogP contribution in [-0.2, 0) is 0 Å². The van der Waals surface area contributed by atoms with Crippen LogP contribution in [0.1, 0.15) is 24.3 Å². The summed E-state index contributed by atoms with van der Waals surface area (Å²) < 4.78 is 47.1. The summed E-state index contributed by atoms with van der Waals surface area (Å²) in [4.78, 5) is 25.4. The molecule has 35 heavy (non-hydrogen) atoms. The number of halogens is 3. The summed E-state index contributed by atoms with van der Waals surface area (Å²) in [6.45, 7) is 0. The Kier molecular flexibility index (Phi) is 5.64. The van der Waals surface area contributed by atoms with E-state index >= 15 is 0 Å². The highest BCUT2D eigenvalue weighted by molar-refractivity contribution is 5.92. The zero-order valence-electron chi connectivity index (χ0n) is 18.1. The topological polar surface area (TPSA) is 97.3 Å². The SMILES string of the molecule is O=C(NC1CC(c2c(-c3ccc(F)cc3)[nH]c3c(F)cc(F)cc23)C1)Oc1ccc([N+](=O)[O-])cc1. The monoisotopic (exact) mass is 481 g/mol. The first-order valence-corrected chi connectivity index (χ1v) is 10.8. The lowest BCUT2D eigenvalue weighted by Gasteiger charge is -2.36. The molecule has 4 aromatic rings. The number of carbonyl (C=O) groups excluding carboxylic acids is 1. The van der Waals surface area contributed by atoms with Gasteiger partial charge in [-0.2, -0.15) is 0 Å². The number of nitro groups is 1. The summed E-state index contributed by atoms with van der Waals surface area (Å²) in [5.41, 5.74) is 1.94. The molecule has 0 bridgehead atoms. The largest absolute Gasteiger partial charge is 0.412 e. The molecule has 5 rings (SSSR count). The van der Waals surface area contributed by atoms with E-state index in [9.17, 15) is 28.1 Å². The second-order valence-electron chi connectivity index (χ2n) is 8.38. The zero-order chi connectivity index (χ0) is 24.7. The van der Waals surface area contributed by atoms with E-state index in [4.69, 9.17) is 4.74 Å². The van der Waals surface area contributed by atoms with Gasteiger partial charge in [0.25, 0.3) is 5.69 Å². The fourth-order valence-corrected chi connectivity index (χ4v) is 4.42. The molecule has 0 saturated heterocycles. The maximum atomic E-state index is 14.5. The van der Waals surface area contributed by atoms with Crippen LogP contribution in [0.5, 0.6) is 5.75 Å². The zero-order valence-corrected chi connectivity index (χ0v) is 18.1. The Bertz CT molecular complexity index is 1430. The van der Waals surface area contributed by atoms with Crippen molar-refractivity contribution in [3.63, 3.8) is 0 Å². The lowest BCUT2D eigenvalue weighted by molar-refractivity contribution is -0.384. The number of benzene rings is 3. The number of hydrogen-bond donors (Lipinski definition) is 2. The predicted octanol–water partition coefficient (Wildman–Crippen LogP) is 6.20. The number of non-ortho nitro benzene ring substituents is 1. The van der Waals surface area contributed by atoms with Crippen LogP contribution in [0.4, 0.5) is 23.7 Å². The molecule has 2 N–H and O–H groups in total. The van der Waals surface area contributed by atoms with Crippen molar-refractivity contribution in [3.05, 3.63) is 93.8 Å². The molecule has 0 radical (unpaired) electrons. The van der Waals surface area contributed by atoms with Crippen LogP contribution in [-0.4, -0.2) is 22.0 Å². The van der Waals surface area contributed by atoms with Crippen LogP contribution in [0.15, 0.2) is 60.7 Å². The minimum absolute atomic E-state index is 0.116. The first kappa shape index (κ1) is 22.5. The number of nitrogens with zero attached hydrogens (tertiary/aromatic N) is 1. The van der Waals surface area contributed by atoms with Gasteiger partial charge in [0.15, 0.2) is 0 Å². The van der Waals surface area contributed by atoms with Crippen molar-refractivity contribution in [2.24, 2.45) is 0 Å². The van der Waals surface area contributed by atoms with Crippen LogP contribution in [0.25, 0.3) is 22.2 Å². The molecule has 10 heteroatoms. The average Bonchev–Trinajstić information content (AvgIpc) is 3.16. The minimum Gasteiger partial charge on any atom is -0.410 e. The third-order valence-corrected chi connectivity index (χ3v) is 6.12. The number of amides is 1. The standard InChI is InChI=1S/C25H18F3N3O4/c26-15-3-1-13(2-4-15)23-22(20-11-16(27)12-21(28)24(20)30-23)14-9-17(10-14)29-25(32)35-19-7-5-18(6-8-19)31(33)34/h1-8,11-12,14,17,30H,9-10H2,(H,29,32). The number of aromatic amines is 1. The summed E-state index contributed by atoms with van der Waals surface area (Å²) in [7, 11) is 0. The molecule has 1 aromatic heterocycles. The van der Waals surface area contributed by atoms with Crippen molar-refractivity contribution in [1.82, 2.24) is 10.3 Å². The highest BCUT2D eigenvalue weighted by Gasteiger charge is 2.36. The maximum absolute atomic E-state index is 14.5. The van der Waals surface area contributed by atoms with Crippen molar-refractivity contribution < 1.29 is 27.6 Å². The van der Waals surface area contributed by atoms with Crippen molar-refractivity contribution in [2.75, 3.05) is 0 Å². The summed E-state index contributed by atoms with van der Waals surface area (Å²) in [6, 6.07) is 12.6. The van der Waals surface area contributed by atoms with Gasteiger partial charge in [-0.05, 0) is 72.4 Å². The van der Waals surface area contributed by atoms with Crippen molar-refractivity contribution in [1.29, 1.82) is 0 Å². The van der Waals surface area contributed by atoms with Gasteiger partial charge in [0.05, 0.1) is 16.1 Å². The van der Waals surface area contributed by atoms with E-state index in [1.807, 2.05) is 0 Å². The second-order valence-corrected chi connectivity index (χ2v) is 8.38. The number of hydrogen-bond acceptors (Lipinski definition) is 4. The van der Waals surface area contributed by atoms with E-state index in [-0.39, 0.29) is 28.9 Å². The molecular weight excluding hydrogens is 463 g/mol. The number of fused-ring (bicyclic) bond motifs is 1. The van der Waals surface area contributed by atoms with E-state index in [2.05, 4.69) is 10.3 Å². The molecule has 0 aliphatic heterocycles. The number of ether oxygens (including phenoxy) is 1. The first-order valence-electron chi connectivity index (χ1n) is 10.8. The number of aromatic nitrogens is 1. The lowest BCUT2D eigenvalue weighted by Crippen LogP contribution is -2.44. The molecule has 3 aromatic carbocycles. The highest BCUT2D eigenvalue weighted by Crippen LogP contribution is 2.45. The van der Waals surface area contributed by atoms with E-state index in [1.54, 1.807) is 12.1 Å². The molecule has 0 spiro atoms. The van der Waals surface area contributed by atoms with E-state index in [1.165, 1.54) is 42.5 Å². The number of carbonyl (C=O) groups is 1. The normalized spacial score (nSPS) is 17.1. The third kappa shape index (κ3) is 4.42. The molecule has 1 amide bonds. The molecule has 178 valence electrons. The van der Waals surface area contributed by atoms with Gasteiger partial charge in [0.1, 0.15) is 23.2 Å². The molecule has 1 aliphatic rings. The Labute approximate surface area is 196 Å². The van der Waals surface area contributed by atoms with E-state index in [0.29, 0.717) is 35.0 Å². The minimum atomic E-state index is -0.727. The molecule has 1 fully saturated rings. The summed E-state index contributed by atoms with van der Waals surface area (Å²) in [5.74, 6) is -1.81. The van der Waals surface area contributed by atoms with Crippen molar-refractivity contribution in [2.45, 2.75) is 24.8 Å². The lowest BCUT2D eigenvalue weighted by atomic mass is 9.74. The van der Waals surface area contributed by atoms with E-state index in [0.717, 1.165) is 6.07 Å². The summed E-state index contributed by atoms with van der Waals surface area (Å²) in [5, 5.41) is 13.9. The molecule has 0 atom stereocenters. The van der Waals surface area contributed by atoms with Gasteiger partial charge in [-0.15, -0.1) is 0 Å². The maximum Gasteiger partial charge on any atom is 0.412 e. The number of nitrogens with one attached hydrogen (secondary N) is 2. The average molecular weight is 481 g/mol. The Morgan fingerprint density at radius 1 is 1.00 bits per heavy atom. The molecule has 1 heterocycles. The third-order valence-electron chi connectivity index (χ3n) is 6.12. The van der Waals surface area contributed by atoms with Gasteiger partial charge < -0.3 is 15.0 Å². The van der Waals surface area contributed by atoms with Crippen LogP contribution < -0.4 is 10.1 Å². The molecule has 1 aliphatic carbocycles. The molecular formula is C25H18F3N3O4.